The first-order chi connectivity index (χ1) is 7.88. The second-order valence-electron chi connectivity index (χ2n) is 4.21. The molecule has 1 saturated heterocycles. The Morgan fingerprint density at radius 2 is 2.31 bits per heavy atom. The third kappa shape index (κ3) is 5.25. The van der Waals surface area contributed by atoms with E-state index in [1.54, 1.807) is 7.11 Å². The Balaban J connectivity index is 2.12. The maximum atomic E-state index is 5.66. The molecule has 0 bridgehead atoms. The lowest BCUT2D eigenvalue weighted by Gasteiger charge is -2.23. The van der Waals surface area contributed by atoms with Crippen molar-refractivity contribution in [3.05, 3.63) is 0 Å². The van der Waals surface area contributed by atoms with Crippen LogP contribution in [0.2, 0.25) is 0 Å². The largest absolute Gasteiger partial charge is 0.385 e. The van der Waals surface area contributed by atoms with Gasteiger partial charge in [-0.3, -0.25) is 0 Å². The molecule has 4 heteroatoms. The molecule has 1 aliphatic heterocycles. The maximum absolute atomic E-state index is 5.66. The van der Waals surface area contributed by atoms with Crippen LogP contribution < -0.4 is 5.32 Å². The van der Waals surface area contributed by atoms with E-state index in [4.69, 9.17) is 14.2 Å². The van der Waals surface area contributed by atoms with Gasteiger partial charge in [-0.1, -0.05) is 6.92 Å². The van der Waals surface area contributed by atoms with Gasteiger partial charge in [0.05, 0.1) is 13.2 Å². The van der Waals surface area contributed by atoms with Crippen LogP contribution in [0.5, 0.6) is 0 Å². The number of rotatable bonds is 9. The summed E-state index contributed by atoms with van der Waals surface area (Å²) in [6, 6.07) is 0.440. The maximum Gasteiger partial charge on any atom is 0.0623 e. The van der Waals surface area contributed by atoms with Gasteiger partial charge in [-0.05, 0) is 19.4 Å². The Hall–Kier alpha value is -0.160. The molecule has 96 valence electrons. The molecule has 0 saturated carbocycles. The fourth-order valence-electron chi connectivity index (χ4n) is 2.01. The molecule has 0 amide bonds. The molecule has 2 atom stereocenters. The Morgan fingerprint density at radius 3 is 2.94 bits per heavy atom. The van der Waals surface area contributed by atoms with Crippen LogP contribution in [0.4, 0.5) is 0 Å². The molecule has 0 spiro atoms. The zero-order valence-corrected chi connectivity index (χ0v) is 10.5. The van der Waals surface area contributed by atoms with Crippen LogP contribution in [-0.2, 0) is 14.2 Å². The van der Waals surface area contributed by atoms with Crippen LogP contribution in [0.1, 0.15) is 19.8 Å². The van der Waals surface area contributed by atoms with Gasteiger partial charge in [0.1, 0.15) is 0 Å². The van der Waals surface area contributed by atoms with Gasteiger partial charge in [0.15, 0.2) is 0 Å². The van der Waals surface area contributed by atoms with Crippen molar-refractivity contribution >= 4 is 0 Å². The van der Waals surface area contributed by atoms with Gasteiger partial charge in [-0.15, -0.1) is 0 Å². The molecule has 1 aliphatic rings. The summed E-state index contributed by atoms with van der Waals surface area (Å²) in [6.07, 6.45) is 2.12. The molecule has 1 heterocycles. The van der Waals surface area contributed by atoms with Crippen LogP contribution in [0.25, 0.3) is 0 Å². The van der Waals surface area contributed by atoms with E-state index < -0.39 is 0 Å². The van der Waals surface area contributed by atoms with Crippen molar-refractivity contribution in [3.8, 4) is 0 Å². The molecule has 4 nitrogen and oxygen atoms in total. The average Bonchev–Trinajstić information content (AvgIpc) is 2.81. The predicted octanol–water partition coefficient (Wildman–Crippen LogP) is 1.05. The minimum atomic E-state index is 0.440. The van der Waals surface area contributed by atoms with Gasteiger partial charge in [0, 0.05) is 38.9 Å². The molecule has 0 aromatic carbocycles. The van der Waals surface area contributed by atoms with Gasteiger partial charge < -0.3 is 19.5 Å². The molecule has 1 N–H and O–H groups in total. The van der Waals surface area contributed by atoms with E-state index in [1.165, 1.54) is 0 Å². The van der Waals surface area contributed by atoms with Crippen LogP contribution >= 0.6 is 0 Å². The molecular weight excluding hydrogens is 206 g/mol. The van der Waals surface area contributed by atoms with E-state index in [9.17, 15) is 0 Å². The lowest BCUT2D eigenvalue weighted by molar-refractivity contribution is 0.0716. The van der Waals surface area contributed by atoms with Gasteiger partial charge in [-0.25, -0.2) is 0 Å². The van der Waals surface area contributed by atoms with Gasteiger partial charge in [0.25, 0.3) is 0 Å². The quantitative estimate of drug-likeness (QED) is 0.602. The van der Waals surface area contributed by atoms with Crippen LogP contribution in [0.15, 0.2) is 0 Å². The summed E-state index contributed by atoms with van der Waals surface area (Å²) in [5, 5.41) is 3.48. The second-order valence-corrected chi connectivity index (χ2v) is 4.21. The highest BCUT2D eigenvalue weighted by molar-refractivity contribution is 4.78. The topological polar surface area (TPSA) is 39.7 Å². The minimum absolute atomic E-state index is 0.440. The number of hydrogen-bond donors (Lipinski definition) is 1. The van der Waals surface area contributed by atoms with Gasteiger partial charge >= 0.3 is 0 Å². The highest BCUT2D eigenvalue weighted by Gasteiger charge is 2.24. The zero-order valence-electron chi connectivity index (χ0n) is 10.5. The lowest BCUT2D eigenvalue weighted by atomic mass is 10.00. The highest BCUT2D eigenvalue weighted by atomic mass is 16.5. The Kier molecular flexibility index (Phi) is 7.76. The number of methoxy groups -OCH3 is 1. The van der Waals surface area contributed by atoms with E-state index in [-0.39, 0.29) is 0 Å². The van der Waals surface area contributed by atoms with Crippen molar-refractivity contribution < 1.29 is 14.2 Å². The van der Waals surface area contributed by atoms with Crippen molar-refractivity contribution in [1.29, 1.82) is 0 Å². The Bertz CT molecular complexity index is 160. The van der Waals surface area contributed by atoms with Crippen molar-refractivity contribution in [3.63, 3.8) is 0 Å². The molecule has 0 radical (unpaired) electrons. The van der Waals surface area contributed by atoms with E-state index in [1.807, 2.05) is 0 Å². The molecule has 0 aromatic rings. The van der Waals surface area contributed by atoms with E-state index in [0.717, 1.165) is 52.4 Å². The first-order valence-electron chi connectivity index (χ1n) is 6.26. The molecule has 1 rings (SSSR count). The van der Waals surface area contributed by atoms with E-state index in [0.29, 0.717) is 12.0 Å². The number of likely N-dealkylation sites (N-methyl/N-ethyl adjacent to an activating group) is 1. The summed E-state index contributed by atoms with van der Waals surface area (Å²) in [6.45, 7) is 7.24. The summed E-state index contributed by atoms with van der Waals surface area (Å²) in [4.78, 5) is 0. The smallest absolute Gasteiger partial charge is 0.0623 e. The molecule has 0 aromatic heterocycles. The molecule has 0 aliphatic carbocycles. The monoisotopic (exact) mass is 231 g/mol. The fraction of sp³-hybridized carbons (Fsp3) is 1.00. The van der Waals surface area contributed by atoms with Crippen LogP contribution in [0.3, 0.4) is 0 Å². The summed E-state index contributed by atoms with van der Waals surface area (Å²) < 4.78 is 16.1. The van der Waals surface area contributed by atoms with Crippen LogP contribution in [-0.4, -0.2) is 52.7 Å². The molecule has 1 fully saturated rings. The van der Waals surface area contributed by atoms with Gasteiger partial charge in [-0.2, -0.15) is 0 Å². The third-order valence-electron chi connectivity index (χ3n) is 2.93. The lowest BCUT2D eigenvalue weighted by Crippen LogP contribution is -2.40. The SMILES string of the molecule is CCNC(COCCCOC)C1CCOC1. The van der Waals surface area contributed by atoms with Gasteiger partial charge in [0.2, 0.25) is 0 Å². The number of nitrogens with one attached hydrogen (secondary N) is 1. The summed E-state index contributed by atoms with van der Waals surface area (Å²) >= 11 is 0. The first-order valence-corrected chi connectivity index (χ1v) is 6.26. The van der Waals surface area contributed by atoms with Crippen molar-refractivity contribution in [2.75, 3.05) is 46.7 Å². The van der Waals surface area contributed by atoms with Crippen LogP contribution in [0, 0.1) is 5.92 Å². The summed E-state index contributed by atoms with van der Waals surface area (Å²) in [5.74, 6) is 0.613. The number of ether oxygens (including phenoxy) is 3. The standard InChI is InChI=1S/C12H25NO3/c1-3-13-12(11-5-8-16-9-11)10-15-7-4-6-14-2/h11-13H,3-10H2,1-2H3. The van der Waals surface area contributed by atoms with Crippen molar-refractivity contribution in [2.24, 2.45) is 5.92 Å². The molecule has 16 heavy (non-hydrogen) atoms. The van der Waals surface area contributed by atoms with Crippen molar-refractivity contribution in [1.82, 2.24) is 5.32 Å². The summed E-state index contributed by atoms with van der Waals surface area (Å²) in [7, 11) is 1.72. The first kappa shape index (κ1) is 13.9. The van der Waals surface area contributed by atoms with Crippen molar-refractivity contribution in [2.45, 2.75) is 25.8 Å². The zero-order chi connectivity index (χ0) is 11.6. The van der Waals surface area contributed by atoms with E-state index in [2.05, 4.69) is 12.2 Å². The third-order valence-corrected chi connectivity index (χ3v) is 2.93. The summed E-state index contributed by atoms with van der Waals surface area (Å²) in [5.41, 5.74) is 0. The second kappa shape index (κ2) is 8.93. The molecular formula is C12H25NO3. The predicted molar refractivity (Wildman–Crippen MR) is 63.7 cm³/mol. The normalized spacial score (nSPS) is 22.5. The Morgan fingerprint density at radius 1 is 1.44 bits per heavy atom. The van der Waals surface area contributed by atoms with E-state index >= 15 is 0 Å². The fourth-order valence-corrected chi connectivity index (χ4v) is 2.01. The molecule has 2 unspecified atom stereocenters. The highest BCUT2D eigenvalue weighted by Crippen LogP contribution is 2.17. The minimum Gasteiger partial charge on any atom is -0.385 e. The Labute approximate surface area is 98.6 Å². The average molecular weight is 231 g/mol. The number of hydrogen-bond acceptors (Lipinski definition) is 4.